The number of carbonyl (C=O) groups is 1. The van der Waals surface area contributed by atoms with Crippen LogP contribution in [0.2, 0.25) is 0 Å². The first-order valence-corrected chi connectivity index (χ1v) is 8.31. The predicted molar refractivity (Wildman–Crippen MR) is 89.6 cm³/mol. The fourth-order valence-electron chi connectivity index (χ4n) is 2.57. The van der Waals surface area contributed by atoms with E-state index in [-0.39, 0.29) is 5.97 Å². The molecule has 124 valence electrons. The van der Waals surface area contributed by atoms with Gasteiger partial charge in [0, 0.05) is 12.1 Å². The van der Waals surface area contributed by atoms with Crippen molar-refractivity contribution < 1.29 is 14.1 Å². The first-order chi connectivity index (χ1) is 10.1. The number of rotatable bonds is 6. The topological polar surface area (TPSA) is 30.2 Å². The highest BCUT2D eigenvalue weighted by Gasteiger charge is 2.35. The summed E-state index contributed by atoms with van der Waals surface area (Å²) in [4.78, 5) is 12.4. The molecule has 0 aromatic carbocycles. The van der Waals surface area contributed by atoms with Crippen LogP contribution in [0.15, 0.2) is 24.5 Å². The van der Waals surface area contributed by atoms with Crippen molar-refractivity contribution in [3.05, 3.63) is 30.1 Å². The monoisotopic (exact) mass is 306 g/mol. The molecule has 0 spiro atoms. The molecule has 0 aliphatic rings. The van der Waals surface area contributed by atoms with Crippen molar-refractivity contribution in [1.82, 2.24) is 0 Å². The highest BCUT2D eigenvalue weighted by atomic mass is 16.6. The molecule has 1 atom stereocenters. The van der Waals surface area contributed by atoms with E-state index >= 15 is 0 Å². The molecule has 3 heteroatoms. The van der Waals surface area contributed by atoms with E-state index in [1.807, 2.05) is 34.6 Å². The Labute approximate surface area is 135 Å². The summed E-state index contributed by atoms with van der Waals surface area (Å²) < 4.78 is 7.73. The molecule has 3 nitrogen and oxygen atoms in total. The summed E-state index contributed by atoms with van der Waals surface area (Å²) in [5.74, 6) is 0.257. The second-order valence-electron chi connectivity index (χ2n) is 7.66. The van der Waals surface area contributed by atoms with Crippen LogP contribution in [-0.4, -0.2) is 11.6 Å². The van der Waals surface area contributed by atoms with E-state index in [0.29, 0.717) is 5.92 Å². The van der Waals surface area contributed by atoms with E-state index in [0.717, 1.165) is 19.4 Å². The number of carbonyl (C=O) groups excluding carboxylic acids is 1. The minimum Gasteiger partial charge on any atom is -0.460 e. The van der Waals surface area contributed by atoms with Crippen LogP contribution in [0.1, 0.15) is 72.8 Å². The zero-order valence-corrected chi connectivity index (χ0v) is 15.3. The Bertz CT molecular complexity index is 483. The van der Waals surface area contributed by atoms with Gasteiger partial charge < -0.3 is 4.74 Å². The molecule has 0 radical (unpaired) electrons. The minimum absolute atomic E-state index is 0.113. The average Bonchev–Trinajstić information content (AvgIpc) is 2.43. The molecule has 0 N–H and O–H groups in total. The fraction of sp³-hybridized carbons (Fsp3) is 0.684. The fourth-order valence-corrected chi connectivity index (χ4v) is 2.57. The first-order valence-electron chi connectivity index (χ1n) is 8.31. The highest BCUT2D eigenvalue weighted by molar-refractivity contribution is 5.76. The first kappa shape index (κ1) is 18.7. The maximum atomic E-state index is 12.4. The largest absolute Gasteiger partial charge is 0.460 e. The molecule has 0 saturated heterocycles. The van der Waals surface area contributed by atoms with Crippen LogP contribution in [0.25, 0.3) is 0 Å². The summed E-state index contributed by atoms with van der Waals surface area (Å²) in [6.45, 7) is 15.0. The van der Waals surface area contributed by atoms with Gasteiger partial charge >= 0.3 is 5.97 Å². The molecule has 22 heavy (non-hydrogen) atoms. The standard InChI is InChI=1S/C19H32NO2/c1-8-15(16-10-12-20(9-2)13-11-16)14-19(6,7)17(21)22-18(3,4)5/h10-13,15H,8-9,14H2,1-7H3/q+1. The molecular weight excluding hydrogens is 274 g/mol. The summed E-state index contributed by atoms with van der Waals surface area (Å²) >= 11 is 0. The molecule has 1 unspecified atom stereocenters. The van der Waals surface area contributed by atoms with Gasteiger partial charge in [0.1, 0.15) is 12.1 Å². The van der Waals surface area contributed by atoms with Crippen LogP contribution < -0.4 is 4.57 Å². The van der Waals surface area contributed by atoms with Gasteiger partial charge in [0.2, 0.25) is 0 Å². The van der Waals surface area contributed by atoms with Gasteiger partial charge in [0.05, 0.1) is 5.41 Å². The Balaban J connectivity index is 2.84. The molecule has 1 heterocycles. The van der Waals surface area contributed by atoms with Crippen molar-refractivity contribution in [2.45, 2.75) is 79.4 Å². The zero-order chi connectivity index (χ0) is 17.0. The summed E-state index contributed by atoms with van der Waals surface area (Å²) in [6.07, 6.45) is 6.04. The average molecular weight is 306 g/mol. The van der Waals surface area contributed by atoms with Crippen molar-refractivity contribution in [3.63, 3.8) is 0 Å². The van der Waals surface area contributed by atoms with Gasteiger partial charge in [-0.1, -0.05) is 6.92 Å². The molecule has 1 aromatic heterocycles. The molecule has 0 saturated carbocycles. The normalized spacial score (nSPS) is 13.8. The molecular formula is C19H32NO2+. The van der Waals surface area contributed by atoms with E-state index in [1.54, 1.807) is 0 Å². The second-order valence-corrected chi connectivity index (χ2v) is 7.66. The third-order valence-electron chi connectivity index (χ3n) is 3.95. The minimum atomic E-state index is -0.482. The lowest BCUT2D eigenvalue weighted by molar-refractivity contribution is -0.693. The summed E-state index contributed by atoms with van der Waals surface area (Å²) in [5.41, 5.74) is 0.379. The number of pyridine rings is 1. The van der Waals surface area contributed by atoms with Crippen LogP contribution in [0.3, 0.4) is 0 Å². The zero-order valence-electron chi connectivity index (χ0n) is 15.3. The maximum absolute atomic E-state index is 12.4. The molecule has 0 fully saturated rings. The van der Waals surface area contributed by atoms with Gasteiger partial charge in [-0.05, 0) is 65.9 Å². The van der Waals surface area contributed by atoms with E-state index in [2.05, 4.69) is 42.9 Å². The maximum Gasteiger partial charge on any atom is 0.312 e. The lowest BCUT2D eigenvalue weighted by Gasteiger charge is -2.31. The molecule has 0 aliphatic carbocycles. The molecule has 0 amide bonds. The summed E-state index contributed by atoms with van der Waals surface area (Å²) in [7, 11) is 0. The number of aromatic nitrogens is 1. The predicted octanol–water partition coefficient (Wildman–Crippen LogP) is 4.25. The number of hydrogen-bond donors (Lipinski definition) is 0. The SMILES string of the molecule is CCC(CC(C)(C)C(=O)OC(C)(C)C)c1cc[n+](CC)cc1. The quantitative estimate of drug-likeness (QED) is 0.581. The Kier molecular flexibility index (Phi) is 6.16. The van der Waals surface area contributed by atoms with Gasteiger partial charge in [-0.25, -0.2) is 4.57 Å². The summed E-state index contributed by atoms with van der Waals surface area (Å²) in [5, 5.41) is 0. The number of ether oxygens (including phenoxy) is 1. The third-order valence-corrected chi connectivity index (χ3v) is 3.95. The van der Waals surface area contributed by atoms with Crippen LogP contribution >= 0.6 is 0 Å². The Hall–Kier alpha value is -1.38. The van der Waals surface area contributed by atoms with Gasteiger partial charge in [-0.3, -0.25) is 4.79 Å². The molecule has 1 aromatic rings. The van der Waals surface area contributed by atoms with Crippen molar-refractivity contribution in [2.75, 3.05) is 0 Å². The van der Waals surface area contributed by atoms with Gasteiger partial charge in [0.25, 0.3) is 0 Å². The van der Waals surface area contributed by atoms with Crippen LogP contribution in [0.4, 0.5) is 0 Å². The van der Waals surface area contributed by atoms with E-state index in [1.165, 1.54) is 5.56 Å². The van der Waals surface area contributed by atoms with E-state index in [9.17, 15) is 4.79 Å². The number of aryl methyl sites for hydroxylation is 1. The summed E-state index contributed by atoms with van der Waals surface area (Å²) in [6, 6.07) is 4.34. The van der Waals surface area contributed by atoms with Crippen molar-refractivity contribution in [2.24, 2.45) is 5.41 Å². The van der Waals surface area contributed by atoms with Crippen molar-refractivity contribution in [3.8, 4) is 0 Å². The van der Waals surface area contributed by atoms with Crippen molar-refractivity contribution in [1.29, 1.82) is 0 Å². The Morgan fingerprint density at radius 2 is 1.68 bits per heavy atom. The Morgan fingerprint density at radius 3 is 2.09 bits per heavy atom. The smallest absolute Gasteiger partial charge is 0.312 e. The van der Waals surface area contributed by atoms with E-state index in [4.69, 9.17) is 4.74 Å². The third kappa shape index (κ3) is 5.43. The molecule has 0 aliphatic heterocycles. The lowest BCUT2D eigenvalue weighted by Crippen LogP contribution is -2.35. The Morgan fingerprint density at radius 1 is 1.14 bits per heavy atom. The van der Waals surface area contributed by atoms with Gasteiger partial charge in [-0.15, -0.1) is 0 Å². The van der Waals surface area contributed by atoms with Crippen molar-refractivity contribution >= 4 is 5.97 Å². The van der Waals surface area contributed by atoms with Gasteiger partial charge in [0.15, 0.2) is 12.4 Å². The highest BCUT2D eigenvalue weighted by Crippen LogP contribution is 2.35. The number of hydrogen-bond acceptors (Lipinski definition) is 2. The van der Waals surface area contributed by atoms with Crippen LogP contribution in [-0.2, 0) is 16.1 Å². The number of esters is 1. The van der Waals surface area contributed by atoms with Crippen LogP contribution in [0.5, 0.6) is 0 Å². The lowest BCUT2D eigenvalue weighted by atomic mass is 9.79. The van der Waals surface area contributed by atoms with E-state index < -0.39 is 11.0 Å². The van der Waals surface area contributed by atoms with Crippen LogP contribution in [0, 0.1) is 5.41 Å². The van der Waals surface area contributed by atoms with Gasteiger partial charge in [-0.2, -0.15) is 0 Å². The second kappa shape index (κ2) is 7.26. The number of nitrogens with zero attached hydrogens (tertiary/aromatic N) is 1. The molecule has 0 bridgehead atoms. The molecule has 1 rings (SSSR count).